The minimum Gasteiger partial charge on any atom is -0.294 e. The van der Waals surface area contributed by atoms with Crippen LogP contribution in [0.3, 0.4) is 0 Å². The van der Waals surface area contributed by atoms with Gasteiger partial charge in [-0.15, -0.1) is 0 Å². The summed E-state index contributed by atoms with van der Waals surface area (Å²) >= 11 is 0. The predicted octanol–water partition coefficient (Wildman–Crippen LogP) is 4.13. The van der Waals surface area contributed by atoms with E-state index in [9.17, 15) is 9.18 Å². The van der Waals surface area contributed by atoms with Crippen molar-refractivity contribution in [2.75, 3.05) is 0 Å². The normalized spacial score (nSPS) is 19.7. The molecule has 0 amide bonds. The number of Topliss-reactive ketones (excluding diaryl/α,β-unsaturated/α-hetero) is 1. The highest BCUT2D eigenvalue weighted by atomic mass is 19.1. The summed E-state index contributed by atoms with van der Waals surface area (Å²) in [6, 6.07) is 8.86. The molecule has 92 valence electrons. The van der Waals surface area contributed by atoms with Crippen molar-refractivity contribution in [3.63, 3.8) is 0 Å². The number of hydrogen-bond acceptors (Lipinski definition) is 1. The molecule has 1 nitrogen and oxygen atoms in total. The average Bonchev–Trinajstić information content (AvgIpc) is 2.50. The SMILES string of the molecule is CC1CCc2c(cc(F)c3ccccc23)C(=O)C1. The second-order valence-electron chi connectivity index (χ2n) is 5.20. The lowest BCUT2D eigenvalue weighted by Crippen LogP contribution is -2.04. The van der Waals surface area contributed by atoms with E-state index in [-0.39, 0.29) is 11.6 Å². The third-order valence-electron chi connectivity index (χ3n) is 3.83. The van der Waals surface area contributed by atoms with Crippen LogP contribution in [0.15, 0.2) is 30.3 Å². The highest BCUT2D eigenvalue weighted by molar-refractivity contribution is 6.03. The fraction of sp³-hybridized carbons (Fsp3) is 0.312. The standard InChI is InChI=1S/C16H15FO/c1-10-6-7-12-11-4-2-3-5-13(11)15(17)9-14(12)16(18)8-10/h2-5,9-10H,6-8H2,1H3. The number of carbonyl (C=O) groups excluding carboxylic acids is 1. The Balaban J connectivity index is 2.32. The van der Waals surface area contributed by atoms with Crippen LogP contribution in [0.2, 0.25) is 0 Å². The Morgan fingerprint density at radius 2 is 1.94 bits per heavy atom. The van der Waals surface area contributed by atoms with Crippen LogP contribution < -0.4 is 0 Å². The average molecular weight is 242 g/mol. The van der Waals surface area contributed by atoms with Gasteiger partial charge in [0, 0.05) is 17.4 Å². The summed E-state index contributed by atoms with van der Waals surface area (Å²) in [5.74, 6) is 0.179. The van der Waals surface area contributed by atoms with E-state index in [0.29, 0.717) is 23.3 Å². The Morgan fingerprint density at radius 3 is 2.72 bits per heavy atom. The molecule has 2 aromatic rings. The predicted molar refractivity (Wildman–Crippen MR) is 70.3 cm³/mol. The monoisotopic (exact) mass is 242 g/mol. The number of carbonyl (C=O) groups is 1. The molecule has 0 saturated carbocycles. The molecule has 1 aliphatic carbocycles. The maximum Gasteiger partial charge on any atom is 0.163 e. The van der Waals surface area contributed by atoms with Gasteiger partial charge in [-0.05, 0) is 35.8 Å². The van der Waals surface area contributed by atoms with Gasteiger partial charge in [0.05, 0.1) is 0 Å². The van der Waals surface area contributed by atoms with Crippen molar-refractivity contribution >= 4 is 16.6 Å². The molecule has 0 radical (unpaired) electrons. The van der Waals surface area contributed by atoms with Gasteiger partial charge in [0.25, 0.3) is 0 Å². The van der Waals surface area contributed by atoms with Crippen LogP contribution in [-0.4, -0.2) is 5.78 Å². The maximum atomic E-state index is 14.0. The number of fused-ring (bicyclic) bond motifs is 3. The molecule has 0 saturated heterocycles. The third kappa shape index (κ3) is 1.72. The molecule has 18 heavy (non-hydrogen) atoms. The fourth-order valence-electron chi connectivity index (χ4n) is 2.83. The molecule has 0 bridgehead atoms. The van der Waals surface area contributed by atoms with E-state index in [1.807, 2.05) is 18.2 Å². The van der Waals surface area contributed by atoms with Crippen LogP contribution in [0.5, 0.6) is 0 Å². The van der Waals surface area contributed by atoms with Gasteiger partial charge in [0.2, 0.25) is 0 Å². The van der Waals surface area contributed by atoms with Crippen molar-refractivity contribution < 1.29 is 9.18 Å². The molecule has 1 aliphatic rings. The number of benzene rings is 2. The minimum absolute atomic E-state index is 0.0830. The number of rotatable bonds is 0. The Labute approximate surface area is 106 Å². The first kappa shape index (κ1) is 11.4. The zero-order valence-corrected chi connectivity index (χ0v) is 10.4. The van der Waals surface area contributed by atoms with Crippen molar-refractivity contribution in [1.29, 1.82) is 0 Å². The van der Waals surface area contributed by atoms with Crippen LogP contribution in [0.1, 0.15) is 35.7 Å². The van der Waals surface area contributed by atoms with E-state index in [1.165, 1.54) is 6.07 Å². The number of ketones is 1. The summed E-state index contributed by atoms with van der Waals surface area (Å²) < 4.78 is 14.0. The van der Waals surface area contributed by atoms with E-state index in [4.69, 9.17) is 0 Å². The summed E-state index contributed by atoms with van der Waals surface area (Å²) in [5, 5.41) is 1.52. The molecule has 2 heteroatoms. The molecule has 0 spiro atoms. The summed E-state index contributed by atoms with van der Waals surface area (Å²) in [6.45, 7) is 2.09. The molecule has 1 unspecified atom stereocenters. The minimum atomic E-state index is -0.285. The number of halogens is 1. The van der Waals surface area contributed by atoms with Gasteiger partial charge in [0.1, 0.15) is 5.82 Å². The lowest BCUT2D eigenvalue weighted by molar-refractivity contribution is 0.0967. The lowest BCUT2D eigenvalue weighted by atomic mass is 9.95. The number of aryl methyl sites for hydroxylation is 1. The summed E-state index contributed by atoms with van der Waals surface area (Å²) in [5.41, 5.74) is 1.62. The van der Waals surface area contributed by atoms with Crippen LogP contribution in [-0.2, 0) is 6.42 Å². The topological polar surface area (TPSA) is 17.1 Å². The van der Waals surface area contributed by atoms with Crippen LogP contribution in [0, 0.1) is 11.7 Å². The molecule has 0 aromatic heterocycles. The second-order valence-corrected chi connectivity index (χ2v) is 5.20. The van der Waals surface area contributed by atoms with Gasteiger partial charge >= 0.3 is 0 Å². The lowest BCUT2D eigenvalue weighted by Gasteiger charge is -2.10. The zero-order valence-electron chi connectivity index (χ0n) is 10.4. The zero-order chi connectivity index (χ0) is 12.7. The van der Waals surface area contributed by atoms with Crippen molar-refractivity contribution in [3.05, 3.63) is 47.3 Å². The van der Waals surface area contributed by atoms with Crippen molar-refractivity contribution in [1.82, 2.24) is 0 Å². The smallest absolute Gasteiger partial charge is 0.163 e. The van der Waals surface area contributed by atoms with Crippen molar-refractivity contribution in [2.45, 2.75) is 26.2 Å². The molecule has 0 aliphatic heterocycles. The molecule has 0 heterocycles. The first-order valence-electron chi connectivity index (χ1n) is 6.40. The van der Waals surface area contributed by atoms with E-state index in [0.717, 1.165) is 23.8 Å². The summed E-state index contributed by atoms with van der Waals surface area (Å²) in [4.78, 5) is 12.1. The van der Waals surface area contributed by atoms with E-state index >= 15 is 0 Å². The number of hydrogen-bond donors (Lipinski definition) is 0. The van der Waals surface area contributed by atoms with E-state index in [2.05, 4.69) is 6.92 Å². The summed E-state index contributed by atoms with van der Waals surface area (Å²) in [6.07, 6.45) is 2.39. The Bertz CT molecular complexity index is 630. The van der Waals surface area contributed by atoms with Gasteiger partial charge < -0.3 is 0 Å². The first-order valence-corrected chi connectivity index (χ1v) is 6.40. The Hall–Kier alpha value is -1.70. The highest BCUT2D eigenvalue weighted by Crippen LogP contribution is 2.31. The quantitative estimate of drug-likeness (QED) is 0.635. The Morgan fingerprint density at radius 1 is 1.22 bits per heavy atom. The van der Waals surface area contributed by atoms with E-state index in [1.54, 1.807) is 6.07 Å². The fourth-order valence-corrected chi connectivity index (χ4v) is 2.83. The van der Waals surface area contributed by atoms with Crippen molar-refractivity contribution in [2.24, 2.45) is 5.92 Å². The van der Waals surface area contributed by atoms with Gasteiger partial charge in [-0.25, -0.2) is 4.39 Å². The maximum absolute atomic E-state index is 14.0. The van der Waals surface area contributed by atoms with Crippen molar-refractivity contribution in [3.8, 4) is 0 Å². The first-order chi connectivity index (χ1) is 8.66. The molecule has 1 atom stereocenters. The largest absolute Gasteiger partial charge is 0.294 e. The van der Waals surface area contributed by atoms with Gasteiger partial charge in [-0.3, -0.25) is 4.79 Å². The molecule has 0 N–H and O–H groups in total. The van der Waals surface area contributed by atoms with E-state index < -0.39 is 0 Å². The summed E-state index contributed by atoms with van der Waals surface area (Å²) in [7, 11) is 0. The molecule has 3 rings (SSSR count). The van der Waals surface area contributed by atoms with Gasteiger partial charge in [0.15, 0.2) is 5.78 Å². The van der Waals surface area contributed by atoms with Gasteiger partial charge in [-0.1, -0.05) is 31.2 Å². The van der Waals surface area contributed by atoms with Crippen LogP contribution in [0.4, 0.5) is 4.39 Å². The van der Waals surface area contributed by atoms with Crippen LogP contribution >= 0.6 is 0 Å². The Kier molecular flexibility index (Phi) is 2.66. The van der Waals surface area contributed by atoms with Crippen LogP contribution in [0.25, 0.3) is 10.8 Å². The third-order valence-corrected chi connectivity index (χ3v) is 3.83. The van der Waals surface area contributed by atoms with Gasteiger partial charge in [-0.2, -0.15) is 0 Å². The molecule has 2 aromatic carbocycles. The molecular weight excluding hydrogens is 227 g/mol. The highest BCUT2D eigenvalue weighted by Gasteiger charge is 2.22. The molecule has 0 fully saturated rings. The molecular formula is C16H15FO. The second kappa shape index (κ2) is 4.20.